The molecule has 1 N–H and O–H groups in total. The van der Waals surface area contributed by atoms with Gasteiger partial charge >= 0.3 is 0 Å². The minimum absolute atomic E-state index is 0.0933. The average molecular weight is 333 g/mol. The maximum Gasteiger partial charge on any atom is 0.175 e. The van der Waals surface area contributed by atoms with Crippen LogP contribution in [0.25, 0.3) is 0 Å². The summed E-state index contributed by atoms with van der Waals surface area (Å²) in [7, 11) is 0.805. The largest absolute Gasteiger partial charge is 0.312 e. The van der Waals surface area contributed by atoms with Gasteiger partial charge in [0.1, 0.15) is 0 Å². The zero-order valence-electron chi connectivity index (χ0n) is 13.4. The first kappa shape index (κ1) is 18.4. The first-order chi connectivity index (χ1) is 9.53. The van der Waals surface area contributed by atoms with Gasteiger partial charge in [-0.1, -0.05) is 31.5 Å². The molecule has 4 nitrogen and oxygen atoms in total. The summed E-state index contributed by atoms with van der Waals surface area (Å²) in [6.07, 6.45) is 1.21. The second kappa shape index (κ2) is 7.09. The second-order valence-electron chi connectivity index (χ2n) is 6.49. The molecule has 0 amide bonds. The number of hydrogen-bond acceptors (Lipinski definition) is 4. The van der Waals surface area contributed by atoms with Crippen molar-refractivity contribution >= 4 is 21.4 Å². The van der Waals surface area contributed by atoms with Crippen LogP contribution in [0.1, 0.15) is 19.4 Å². The molecule has 0 radical (unpaired) electrons. The maximum atomic E-state index is 11.8. The summed E-state index contributed by atoms with van der Waals surface area (Å²) >= 11 is 6.16. The zero-order valence-corrected chi connectivity index (χ0v) is 15.0. The van der Waals surface area contributed by atoms with Crippen LogP contribution in [0.15, 0.2) is 23.1 Å². The normalized spacial score (nSPS) is 12.9. The first-order valence-electron chi connectivity index (χ1n) is 6.86. The standard InChI is InChI=1S/C15H25ClN2O2S/c1-15(2,11-18(3)4)10-17-9-12-13(16)7-6-8-14(12)21(5,19)20/h6-8,17H,9-11H2,1-5H3. The van der Waals surface area contributed by atoms with Gasteiger partial charge in [-0.15, -0.1) is 0 Å². The van der Waals surface area contributed by atoms with Gasteiger partial charge in [-0.3, -0.25) is 0 Å². The van der Waals surface area contributed by atoms with Gasteiger partial charge in [0.05, 0.1) is 4.90 Å². The Morgan fingerprint density at radius 3 is 2.43 bits per heavy atom. The highest BCUT2D eigenvalue weighted by molar-refractivity contribution is 7.90. The molecule has 0 aromatic heterocycles. The van der Waals surface area contributed by atoms with Gasteiger partial charge in [0.25, 0.3) is 0 Å². The highest BCUT2D eigenvalue weighted by atomic mass is 35.5. The first-order valence-corrected chi connectivity index (χ1v) is 9.13. The van der Waals surface area contributed by atoms with E-state index in [0.29, 0.717) is 22.0 Å². The Bertz CT molecular complexity index is 583. The molecular formula is C15H25ClN2O2S. The molecule has 0 bridgehead atoms. The van der Waals surface area contributed by atoms with E-state index in [1.165, 1.54) is 6.26 Å². The van der Waals surface area contributed by atoms with Gasteiger partial charge in [-0.2, -0.15) is 0 Å². The average Bonchev–Trinajstić information content (AvgIpc) is 2.27. The number of halogens is 1. The quantitative estimate of drug-likeness (QED) is 0.833. The van der Waals surface area contributed by atoms with Crippen LogP contribution in [0.2, 0.25) is 5.02 Å². The third-order valence-corrected chi connectivity index (χ3v) is 4.66. The molecule has 1 aromatic rings. The zero-order chi connectivity index (χ0) is 16.3. The fraction of sp³-hybridized carbons (Fsp3) is 0.600. The van der Waals surface area contributed by atoms with Crippen molar-refractivity contribution in [3.05, 3.63) is 28.8 Å². The predicted molar refractivity (Wildman–Crippen MR) is 88.6 cm³/mol. The molecule has 0 saturated carbocycles. The van der Waals surface area contributed by atoms with Crippen molar-refractivity contribution < 1.29 is 8.42 Å². The van der Waals surface area contributed by atoms with Crippen molar-refractivity contribution in [3.8, 4) is 0 Å². The van der Waals surface area contributed by atoms with Crippen LogP contribution in [0.4, 0.5) is 0 Å². The lowest BCUT2D eigenvalue weighted by atomic mass is 9.93. The smallest absolute Gasteiger partial charge is 0.175 e. The van der Waals surface area contributed by atoms with Crippen molar-refractivity contribution in [1.29, 1.82) is 0 Å². The highest BCUT2D eigenvalue weighted by Gasteiger charge is 2.20. The lowest BCUT2D eigenvalue weighted by Crippen LogP contribution is -2.37. The van der Waals surface area contributed by atoms with E-state index < -0.39 is 9.84 Å². The Hall–Kier alpha value is -0.620. The molecule has 120 valence electrons. The van der Waals surface area contributed by atoms with Crippen molar-refractivity contribution in [1.82, 2.24) is 10.2 Å². The maximum absolute atomic E-state index is 11.8. The number of benzene rings is 1. The number of hydrogen-bond donors (Lipinski definition) is 1. The van der Waals surface area contributed by atoms with Crippen LogP contribution in [-0.2, 0) is 16.4 Å². The predicted octanol–water partition coefficient (Wildman–Crippen LogP) is 2.42. The van der Waals surface area contributed by atoms with Crippen LogP contribution in [-0.4, -0.2) is 46.8 Å². The topological polar surface area (TPSA) is 49.4 Å². The molecule has 0 spiro atoms. The monoisotopic (exact) mass is 332 g/mol. The molecule has 1 aromatic carbocycles. The van der Waals surface area contributed by atoms with E-state index in [0.717, 1.165) is 13.1 Å². The summed E-state index contributed by atoms with van der Waals surface area (Å²) in [4.78, 5) is 2.44. The number of rotatable bonds is 7. The van der Waals surface area contributed by atoms with E-state index in [1.807, 2.05) is 14.1 Å². The highest BCUT2D eigenvalue weighted by Crippen LogP contribution is 2.24. The van der Waals surface area contributed by atoms with Gasteiger partial charge in [-0.05, 0) is 31.6 Å². The van der Waals surface area contributed by atoms with Crippen LogP contribution >= 0.6 is 11.6 Å². The SMILES string of the molecule is CN(C)CC(C)(C)CNCc1c(Cl)cccc1S(C)(=O)=O. The minimum atomic E-state index is -3.27. The third-order valence-electron chi connectivity index (χ3n) is 3.12. The lowest BCUT2D eigenvalue weighted by Gasteiger charge is -2.28. The summed E-state index contributed by atoms with van der Waals surface area (Å²) in [5.41, 5.74) is 0.734. The Balaban J connectivity index is 2.81. The molecular weight excluding hydrogens is 308 g/mol. The Morgan fingerprint density at radius 2 is 1.90 bits per heavy atom. The molecule has 0 aliphatic rings. The van der Waals surface area contributed by atoms with Crippen LogP contribution < -0.4 is 5.32 Å². The second-order valence-corrected chi connectivity index (χ2v) is 8.89. The number of nitrogens with one attached hydrogen (secondary N) is 1. The summed E-state index contributed by atoms with van der Waals surface area (Å²) in [6, 6.07) is 4.99. The van der Waals surface area contributed by atoms with Crippen molar-refractivity contribution in [2.24, 2.45) is 5.41 Å². The van der Waals surface area contributed by atoms with Gasteiger partial charge in [0.15, 0.2) is 9.84 Å². The molecule has 1 rings (SSSR count). The Labute approximate surface area is 133 Å². The molecule has 0 aliphatic carbocycles. The van der Waals surface area contributed by atoms with Gasteiger partial charge in [0, 0.05) is 36.5 Å². The molecule has 21 heavy (non-hydrogen) atoms. The molecule has 0 aliphatic heterocycles. The summed E-state index contributed by atoms with van der Waals surface area (Å²) in [5, 5.41) is 3.81. The number of nitrogens with zero attached hydrogens (tertiary/aromatic N) is 1. The number of sulfone groups is 1. The van der Waals surface area contributed by atoms with E-state index >= 15 is 0 Å². The van der Waals surface area contributed by atoms with Gasteiger partial charge in [0.2, 0.25) is 0 Å². The fourth-order valence-corrected chi connectivity index (χ4v) is 3.75. The summed E-state index contributed by atoms with van der Waals surface area (Å²) in [6.45, 7) is 6.51. The van der Waals surface area contributed by atoms with E-state index in [1.54, 1.807) is 18.2 Å². The van der Waals surface area contributed by atoms with E-state index in [4.69, 9.17) is 11.6 Å². The molecule has 6 heteroatoms. The van der Waals surface area contributed by atoms with E-state index in [2.05, 4.69) is 24.1 Å². The van der Waals surface area contributed by atoms with Gasteiger partial charge in [-0.25, -0.2) is 8.42 Å². The van der Waals surface area contributed by atoms with Crippen LogP contribution in [0, 0.1) is 5.41 Å². The molecule has 0 saturated heterocycles. The summed E-state index contributed by atoms with van der Waals surface area (Å²) < 4.78 is 23.6. The van der Waals surface area contributed by atoms with Crippen molar-refractivity contribution in [3.63, 3.8) is 0 Å². The van der Waals surface area contributed by atoms with E-state index in [9.17, 15) is 8.42 Å². The Kier molecular flexibility index (Phi) is 6.23. The van der Waals surface area contributed by atoms with Crippen LogP contribution in [0.5, 0.6) is 0 Å². The van der Waals surface area contributed by atoms with Crippen LogP contribution in [0.3, 0.4) is 0 Å². The lowest BCUT2D eigenvalue weighted by molar-refractivity contribution is 0.232. The molecule has 0 atom stereocenters. The van der Waals surface area contributed by atoms with E-state index in [-0.39, 0.29) is 5.41 Å². The summed E-state index contributed by atoms with van der Waals surface area (Å²) in [5.74, 6) is 0. The van der Waals surface area contributed by atoms with Crippen molar-refractivity contribution in [2.45, 2.75) is 25.3 Å². The molecule has 0 unspecified atom stereocenters. The van der Waals surface area contributed by atoms with Crippen molar-refractivity contribution in [2.75, 3.05) is 33.4 Å². The minimum Gasteiger partial charge on any atom is -0.312 e. The molecule has 0 heterocycles. The Morgan fingerprint density at radius 1 is 1.29 bits per heavy atom. The third kappa shape index (κ3) is 5.94. The molecule has 0 fully saturated rings. The fourth-order valence-electron chi connectivity index (χ4n) is 2.50. The van der Waals surface area contributed by atoms with Gasteiger partial charge < -0.3 is 10.2 Å².